The lowest BCUT2D eigenvalue weighted by Gasteiger charge is -2.00. The normalized spacial score (nSPS) is 11.0. The van der Waals surface area contributed by atoms with Crippen molar-refractivity contribution < 1.29 is 18.4 Å². The summed E-state index contributed by atoms with van der Waals surface area (Å²) in [7, 11) is 0. The molecule has 3 heterocycles. The van der Waals surface area contributed by atoms with Crippen molar-refractivity contribution in [3.63, 3.8) is 0 Å². The molecule has 7 nitrogen and oxygen atoms in total. The first-order chi connectivity index (χ1) is 12.3. The van der Waals surface area contributed by atoms with Crippen molar-refractivity contribution in [2.45, 2.75) is 19.4 Å². The zero-order chi connectivity index (χ0) is 17.1. The zero-order valence-corrected chi connectivity index (χ0v) is 13.9. The highest BCUT2D eigenvalue weighted by Crippen LogP contribution is 2.22. The van der Waals surface area contributed by atoms with Gasteiger partial charge in [-0.3, -0.25) is 4.79 Å². The molecular weight excluding hydrogens is 342 g/mol. The Morgan fingerprint density at radius 2 is 2.08 bits per heavy atom. The number of esters is 1. The van der Waals surface area contributed by atoms with Crippen LogP contribution in [-0.4, -0.2) is 21.2 Å². The van der Waals surface area contributed by atoms with E-state index < -0.39 is 0 Å². The van der Waals surface area contributed by atoms with Gasteiger partial charge in [0.2, 0.25) is 0 Å². The Kier molecular flexibility index (Phi) is 4.26. The fraction of sp³-hybridized carbons (Fsp3) is 0.176. The van der Waals surface area contributed by atoms with E-state index in [0.29, 0.717) is 12.2 Å². The summed E-state index contributed by atoms with van der Waals surface area (Å²) in [4.78, 5) is 16.4. The van der Waals surface area contributed by atoms with Gasteiger partial charge in [0, 0.05) is 6.42 Å². The van der Waals surface area contributed by atoms with Gasteiger partial charge in [0.25, 0.3) is 11.8 Å². The first-order valence-electron chi connectivity index (χ1n) is 7.64. The van der Waals surface area contributed by atoms with Crippen molar-refractivity contribution in [1.82, 2.24) is 15.2 Å². The highest BCUT2D eigenvalue weighted by molar-refractivity contribution is 7.18. The summed E-state index contributed by atoms with van der Waals surface area (Å²) < 4.78 is 16.8. The Morgan fingerprint density at radius 3 is 2.92 bits per heavy atom. The predicted octanol–water partition coefficient (Wildman–Crippen LogP) is 3.62. The zero-order valence-electron chi connectivity index (χ0n) is 13.0. The minimum Gasteiger partial charge on any atom is -0.459 e. The lowest BCUT2D eigenvalue weighted by Crippen LogP contribution is -2.06. The Hall–Kier alpha value is -3.00. The summed E-state index contributed by atoms with van der Waals surface area (Å²) in [5, 5.41) is 8.58. The Labute approximate surface area is 146 Å². The Morgan fingerprint density at radius 1 is 1.16 bits per heavy atom. The van der Waals surface area contributed by atoms with Crippen molar-refractivity contribution in [2.75, 3.05) is 0 Å². The summed E-state index contributed by atoms with van der Waals surface area (Å²) in [5.41, 5.74) is 0.951. The van der Waals surface area contributed by atoms with E-state index in [0.717, 1.165) is 15.2 Å². The number of fused-ring (bicyclic) bond motifs is 1. The van der Waals surface area contributed by atoms with Crippen LogP contribution in [0.2, 0.25) is 0 Å². The fourth-order valence-electron chi connectivity index (χ4n) is 2.26. The number of hydrogen-bond acceptors (Lipinski definition) is 8. The molecule has 0 amide bonds. The quantitative estimate of drug-likeness (QED) is 0.488. The number of furan rings is 1. The summed E-state index contributed by atoms with van der Waals surface area (Å²) in [5.74, 6) is 0.614. The number of thiazole rings is 1. The summed E-state index contributed by atoms with van der Waals surface area (Å²) in [6.07, 6.45) is 2.31. The molecule has 0 saturated carbocycles. The topological polar surface area (TPSA) is 91.2 Å². The maximum Gasteiger partial charge on any atom is 0.306 e. The van der Waals surface area contributed by atoms with Crippen molar-refractivity contribution in [3.05, 3.63) is 53.6 Å². The largest absolute Gasteiger partial charge is 0.459 e. The highest BCUT2D eigenvalue weighted by Gasteiger charge is 2.13. The molecule has 0 spiro atoms. The van der Waals surface area contributed by atoms with Gasteiger partial charge in [0.05, 0.1) is 27.9 Å². The third-order valence-corrected chi connectivity index (χ3v) is 4.53. The van der Waals surface area contributed by atoms with Crippen LogP contribution >= 0.6 is 11.3 Å². The molecule has 4 rings (SSSR count). The number of rotatable bonds is 6. The van der Waals surface area contributed by atoms with Crippen molar-refractivity contribution in [3.8, 4) is 11.7 Å². The van der Waals surface area contributed by atoms with Crippen LogP contribution in [-0.2, 0) is 22.6 Å². The van der Waals surface area contributed by atoms with Crippen molar-refractivity contribution in [2.24, 2.45) is 0 Å². The number of ether oxygens (including phenoxy) is 1. The summed E-state index contributed by atoms with van der Waals surface area (Å²) in [6, 6.07) is 11.3. The predicted molar refractivity (Wildman–Crippen MR) is 89.7 cm³/mol. The van der Waals surface area contributed by atoms with E-state index in [9.17, 15) is 4.79 Å². The van der Waals surface area contributed by atoms with Gasteiger partial charge in [0.1, 0.15) is 0 Å². The van der Waals surface area contributed by atoms with Crippen LogP contribution in [0, 0.1) is 0 Å². The van der Waals surface area contributed by atoms with Gasteiger partial charge in [-0.15, -0.1) is 21.5 Å². The lowest BCUT2D eigenvalue weighted by molar-refractivity contribution is -0.145. The minimum atomic E-state index is -0.336. The van der Waals surface area contributed by atoms with Crippen molar-refractivity contribution >= 4 is 27.5 Å². The molecule has 0 unspecified atom stereocenters. The molecule has 0 aliphatic heterocycles. The van der Waals surface area contributed by atoms with Gasteiger partial charge in [0.15, 0.2) is 12.4 Å². The molecular formula is C17H13N3O4S. The first kappa shape index (κ1) is 15.5. The van der Waals surface area contributed by atoms with Crippen LogP contribution in [0.1, 0.15) is 17.3 Å². The summed E-state index contributed by atoms with van der Waals surface area (Å²) in [6.45, 7) is -0.0631. The van der Waals surface area contributed by atoms with Gasteiger partial charge < -0.3 is 13.6 Å². The fourth-order valence-corrected chi connectivity index (χ4v) is 3.23. The minimum absolute atomic E-state index is 0.0631. The number of carbonyl (C=O) groups is 1. The number of aromatic nitrogens is 3. The van der Waals surface area contributed by atoms with Gasteiger partial charge in [-0.25, -0.2) is 4.98 Å². The highest BCUT2D eigenvalue weighted by atomic mass is 32.1. The molecule has 3 aromatic heterocycles. The number of benzene rings is 1. The van der Waals surface area contributed by atoms with Crippen LogP contribution in [0.3, 0.4) is 0 Å². The molecule has 0 aliphatic carbocycles. The standard InChI is InChI=1S/C17H13N3O4S/c21-16(8-7-15-18-11-4-1-2-6-13(11)25-15)23-10-14-19-20-17(24-14)12-5-3-9-22-12/h1-6,9H,7-8,10H2. The number of hydrogen-bond donors (Lipinski definition) is 0. The number of carbonyl (C=O) groups excluding carboxylic acids is 1. The molecule has 0 radical (unpaired) electrons. The van der Waals surface area contributed by atoms with Crippen molar-refractivity contribution in [1.29, 1.82) is 0 Å². The van der Waals surface area contributed by atoms with Gasteiger partial charge in [-0.05, 0) is 24.3 Å². The molecule has 0 N–H and O–H groups in total. The lowest BCUT2D eigenvalue weighted by atomic mass is 10.3. The SMILES string of the molecule is O=C(CCc1nc2ccccc2s1)OCc1nnc(-c2ccco2)o1. The Balaban J connectivity index is 1.29. The van der Waals surface area contributed by atoms with E-state index in [1.54, 1.807) is 23.5 Å². The van der Waals surface area contributed by atoms with Crippen LogP contribution in [0.15, 0.2) is 51.5 Å². The van der Waals surface area contributed by atoms with E-state index in [-0.39, 0.29) is 30.8 Å². The third-order valence-electron chi connectivity index (χ3n) is 3.44. The van der Waals surface area contributed by atoms with E-state index in [1.165, 1.54) is 6.26 Å². The van der Waals surface area contributed by atoms with E-state index in [2.05, 4.69) is 15.2 Å². The van der Waals surface area contributed by atoms with Crippen LogP contribution in [0.5, 0.6) is 0 Å². The number of nitrogens with zero attached hydrogens (tertiary/aromatic N) is 3. The average molecular weight is 355 g/mol. The monoisotopic (exact) mass is 355 g/mol. The molecule has 0 fully saturated rings. The molecule has 126 valence electrons. The molecule has 4 aromatic rings. The van der Waals surface area contributed by atoms with Gasteiger partial charge in [-0.1, -0.05) is 12.1 Å². The number of para-hydroxylation sites is 1. The maximum atomic E-state index is 11.9. The van der Waals surface area contributed by atoms with Crippen LogP contribution in [0.4, 0.5) is 0 Å². The second kappa shape index (κ2) is 6.86. The Bertz CT molecular complexity index is 957. The summed E-state index contributed by atoms with van der Waals surface area (Å²) >= 11 is 1.59. The smallest absolute Gasteiger partial charge is 0.306 e. The van der Waals surface area contributed by atoms with Crippen LogP contribution in [0.25, 0.3) is 21.9 Å². The average Bonchev–Trinajstić information content (AvgIpc) is 3.37. The molecule has 25 heavy (non-hydrogen) atoms. The molecule has 0 saturated heterocycles. The second-order valence-corrected chi connectivity index (χ2v) is 6.33. The van der Waals surface area contributed by atoms with E-state index in [4.69, 9.17) is 13.6 Å². The molecule has 0 atom stereocenters. The molecule has 8 heteroatoms. The van der Waals surface area contributed by atoms with E-state index in [1.807, 2.05) is 24.3 Å². The molecule has 0 aliphatic rings. The molecule has 0 bridgehead atoms. The third kappa shape index (κ3) is 3.58. The van der Waals surface area contributed by atoms with Gasteiger partial charge in [-0.2, -0.15) is 0 Å². The maximum absolute atomic E-state index is 11.9. The van der Waals surface area contributed by atoms with Gasteiger partial charge >= 0.3 is 5.97 Å². The number of aryl methyl sites for hydroxylation is 1. The second-order valence-electron chi connectivity index (χ2n) is 5.21. The van der Waals surface area contributed by atoms with Crippen LogP contribution < -0.4 is 0 Å². The first-order valence-corrected chi connectivity index (χ1v) is 8.46. The molecule has 1 aromatic carbocycles. The van der Waals surface area contributed by atoms with E-state index >= 15 is 0 Å².